The monoisotopic (exact) mass is 554 g/mol. The first-order valence-electron chi connectivity index (χ1n) is 12.2. The van der Waals surface area contributed by atoms with E-state index in [1.165, 1.54) is 16.9 Å². The Balaban J connectivity index is 1.44. The van der Waals surface area contributed by atoms with Gasteiger partial charge in [0.25, 0.3) is 5.91 Å². The average Bonchev–Trinajstić information content (AvgIpc) is 3.57. The van der Waals surface area contributed by atoms with Crippen molar-refractivity contribution in [3.8, 4) is 17.1 Å². The summed E-state index contributed by atoms with van der Waals surface area (Å²) in [6.45, 7) is 0.00934. The maximum atomic E-state index is 13.9. The second-order valence-electron chi connectivity index (χ2n) is 9.17. The van der Waals surface area contributed by atoms with Gasteiger partial charge in [0.15, 0.2) is 18.1 Å². The zero-order chi connectivity index (χ0) is 28.6. The van der Waals surface area contributed by atoms with Gasteiger partial charge in [-0.15, -0.1) is 0 Å². The molecule has 13 heteroatoms. The number of hydrogen-bond donors (Lipinski definition) is 0. The number of ether oxygens (including phenoxy) is 2. The van der Waals surface area contributed by atoms with E-state index in [0.29, 0.717) is 28.6 Å². The highest BCUT2D eigenvalue weighted by molar-refractivity contribution is 6.07. The van der Waals surface area contributed by atoms with Crippen LogP contribution >= 0.6 is 0 Å². The molecular weight excluding hydrogens is 529 g/mol. The van der Waals surface area contributed by atoms with E-state index in [9.17, 15) is 22.8 Å². The lowest BCUT2D eigenvalue weighted by Gasteiger charge is -2.28. The van der Waals surface area contributed by atoms with Gasteiger partial charge in [0.1, 0.15) is 11.4 Å². The zero-order valence-corrected chi connectivity index (χ0v) is 21.8. The molecule has 0 atom stereocenters. The summed E-state index contributed by atoms with van der Waals surface area (Å²) in [5, 5.41) is 3.82. The Morgan fingerprint density at radius 1 is 1.02 bits per heavy atom. The van der Waals surface area contributed by atoms with Crippen molar-refractivity contribution in [1.29, 1.82) is 0 Å². The predicted molar refractivity (Wildman–Crippen MR) is 138 cm³/mol. The third-order valence-electron chi connectivity index (χ3n) is 6.45. The fourth-order valence-electron chi connectivity index (χ4n) is 4.47. The number of imidazole rings is 1. The summed E-state index contributed by atoms with van der Waals surface area (Å²) in [6, 6.07) is 13.2. The van der Waals surface area contributed by atoms with Crippen molar-refractivity contribution in [2.45, 2.75) is 19.2 Å². The van der Waals surface area contributed by atoms with Crippen LogP contribution in [-0.4, -0.2) is 64.0 Å². The van der Waals surface area contributed by atoms with E-state index in [2.05, 4.69) is 10.1 Å². The van der Waals surface area contributed by atoms with Crippen LogP contribution in [0.25, 0.3) is 11.4 Å². The van der Waals surface area contributed by atoms with Crippen molar-refractivity contribution in [3.05, 3.63) is 83.7 Å². The van der Waals surface area contributed by atoms with E-state index in [-0.39, 0.29) is 30.8 Å². The fourth-order valence-corrected chi connectivity index (χ4v) is 4.47. The zero-order valence-electron chi connectivity index (χ0n) is 21.8. The molecule has 10 nitrogen and oxygen atoms in total. The number of nitrogens with zero attached hydrogens (tertiary/aromatic N) is 6. The van der Waals surface area contributed by atoms with Crippen molar-refractivity contribution in [1.82, 2.24) is 24.2 Å². The van der Waals surface area contributed by atoms with Crippen molar-refractivity contribution in [2.75, 3.05) is 32.6 Å². The number of hydrogen-bond acceptors (Lipinski definition) is 6. The summed E-state index contributed by atoms with van der Waals surface area (Å²) in [7, 11) is 4.63. The van der Waals surface area contributed by atoms with Crippen LogP contribution in [0.1, 0.15) is 27.6 Å². The lowest BCUT2D eigenvalue weighted by molar-refractivity contribution is -0.141. The van der Waals surface area contributed by atoms with Gasteiger partial charge in [0.05, 0.1) is 12.8 Å². The van der Waals surface area contributed by atoms with Crippen molar-refractivity contribution >= 4 is 17.7 Å². The molecule has 3 heterocycles. The van der Waals surface area contributed by atoms with Gasteiger partial charge in [0.2, 0.25) is 0 Å². The number of rotatable bonds is 6. The lowest BCUT2D eigenvalue weighted by Crippen LogP contribution is -2.39. The summed E-state index contributed by atoms with van der Waals surface area (Å²) in [5.41, 5.74) is 0.190. The van der Waals surface area contributed by atoms with Crippen LogP contribution in [0.4, 0.5) is 23.7 Å². The molecule has 208 valence electrons. The summed E-state index contributed by atoms with van der Waals surface area (Å²) in [6.07, 6.45) is -1.96. The first kappa shape index (κ1) is 26.8. The molecule has 5 rings (SSSR count). The Kier molecular flexibility index (Phi) is 6.96. The van der Waals surface area contributed by atoms with Crippen molar-refractivity contribution in [2.24, 2.45) is 0 Å². The minimum Gasteiger partial charge on any atom is -0.497 e. The fraction of sp³-hybridized carbons (Fsp3) is 0.259. The number of halogens is 3. The summed E-state index contributed by atoms with van der Waals surface area (Å²) in [5.74, 6) is 0.419. The molecule has 0 saturated carbocycles. The third-order valence-corrected chi connectivity index (χ3v) is 6.45. The first-order chi connectivity index (χ1) is 19.1. The van der Waals surface area contributed by atoms with E-state index in [1.807, 2.05) is 0 Å². The molecule has 0 fully saturated rings. The van der Waals surface area contributed by atoms with Crippen molar-refractivity contribution < 1.29 is 32.2 Å². The van der Waals surface area contributed by atoms with Gasteiger partial charge in [0, 0.05) is 50.0 Å². The minimum atomic E-state index is -4.71. The van der Waals surface area contributed by atoms with Gasteiger partial charge in [-0.3, -0.25) is 4.79 Å². The van der Waals surface area contributed by atoms with Gasteiger partial charge in [-0.2, -0.15) is 18.3 Å². The van der Waals surface area contributed by atoms with Gasteiger partial charge in [-0.25, -0.2) is 14.5 Å². The van der Waals surface area contributed by atoms with E-state index < -0.39 is 23.9 Å². The largest absolute Gasteiger partial charge is 0.497 e. The standard InChI is InChI=1S/C27H25F3N6O4/c1-33(2)26(38)40-16-22-31-13-15-34(22)17-4-6-18(7-5-17)35-14-12-21-23(25(35)37)36(32-24(21)27(28,29)30)19-8-10-20(39-3)11-9-19/h4-11,13,15H,12,14,16H2,1-3H3. The second-order valence-corrected chi connectivity index (χ2v) is 9.17. The van der Waals surface area contributed by atoms with Crippen LogP contribution in [-0.2, 0) is 23.9 Å². The molecule has 1 aliphatic heterocycles. The predicted octanol–water partition coefficient (Wildman–Crippen LogP) is 4.49. The molecule has 0 saturated heterocycles. The number of carbonyl (C=O) groups excluding carboxylic acids is 2. The van der Waals surface area contributed by atoms with Gasteiger partial charge >= 0.3 is 12.3 Å². The average molecular weight is 555 g/mol. The second kappa shape index (κ2) is 10.4. The van der Waals surface area contributed by atoms with Crippen LogP contribution in [0.15, 0.2) is 60.9 Å². The van der Waals surface area contributed by atoms with Crippen LogP contribution < -0.4 is 9.64 Å². The highest BCUT2D eigenvalue weighted by Gasteiger charge is 2.43. The normalized spacial score (nSPS) is 13.2. The first-order valence-corrected chi connectivity index (χ1v) is 12.2. The lowest BCUT2D eigenvalue weighted by atomic mass is 10.0. The smallest absolute Gasteiger partial charge is 0.435 e. The molecule has 0 N–H and O–H groups in total. The highest BCUT2D eigenvalue weighted by Crippen LogP contribution is 2.37. The van der Waals surface area contributed by atoms with E-state index >= 15 is 0 Å². The number of amides is 2. The maximum absolute atomic E-state index is 13.9. The molecule has 0 radical (unpaired) electrons. The number of carbonyl (C=O) groups is 2. The minimum absolute atomic E-state index is 0.0171. The molecule has 0 spiro atoms. The topological polar surface area (TPSA) is 94.7 Å². The van der Waals surface area contributed by atoms with Crippen LogP contribution in [0.5, 0.6) is 5.75 Å². The Morgan fingerprint density at radius 2 is 1.68 bits per heavy atom. The van der Waals surface area contributed by atoms with E-state index in [0.717, 1.165) is 4.68 Å². The third kappa shape index (κ3) is 4.97. The van der Waals surface area contributed by atoms with Crippen LogP contribution in [0.3, 0.4) is 0 Å². The molecule has 0 bridgehead atoms. The van der Waals surface area contributed by atoms with Crippen LogP contribution in [0.2, 0.25) is 0 Å². The number of methoxy groups -OCH3 is 1. The van der Waals surface area contributed by atoms with Gasteiger partial charge < -0.3 is 23.8 Å². The van der Waals surface area contributed by atoms with Crippen molar-refractivity contribution in [3.63, 3.8) is 0 Å². The number of fused-ring (bicyclic) bond motifs is 1. The highest BCUT2D eigenvalue weighted by atomic mass is 19.4. The van der Waals surface area contributed by atoms with Crippen LogP contribution in [0, 0.1) is 0 Å². The SMILES string of the molecule is COc1ccc(-n2nc(C(F)(F)F)c3c2C(=O)N(c2ccc(-n4ccnc4COC(=O)N(C)C)cc2)CC3)cc1. The molecular formula is C27H25F3N6O4. The van der Waals surface area contributed by atoms with Gasteiger partial charge in [-0.05, 0) is 55.0 Å². The number of alkyl halides is 3. The Morgan fingerprint density at radius 3 is 2.30 bits per heavy atom. The molecule has 2 amide bonds. The number of benzene rings is 2. The number of anilines is 1. The van der Waals surface area contributed by atoms with Gasteiger partial charge in [-0.1, -0.05) is 0 Å². The van der Waals surface area contributed by atoms with E-state index in [1.54, 1.807) is 79.6 Å². The molecule has 2 aromatic heterocycles. The summed E-state index contributed by atoms with van der Waals surface area (Å²) < 4.78 is 54.7. The maximum Gasteiger partial charge on any atom is 0.435 e. The quantitative estimate of drug-likeness (QED) is 0.349. The van der Waals surface area contributed by atoms with E-state index in [4.69, 9.17) is 9.47 Å². The Labute approximate surface area is 227 Å². The molecule has 0 unspecified atom stereocenters. The molecule has 0 aliphatic carbocycles. The Bertz CT molecular complexity index is 1540. The summed E-state index contributed by atoms with van der Waals surface area (Å²) >= 11 is 0. The Hall–Kier alpha value is -4.81. The molecule has 4 aromatic rings. The number of aromatic nitrogens is 4. The molecule has 40 heavy (non-hydrogen) atoms. The molecule has 1 aliphatic rings. The summed E-state index contributed by atoms with van der Waals surface area (Å²) in [4.78, 5) is 32.4. The molecule has 2 aromatic carbocycles.